The van der Waals surface area contributed by atoms with Crippen molar-refractivity contribution in [2.45, 2.75) is 13.2 Å². The average molecular weight is 457 g/mol. The van der Waals surface area contributed by atoms with Crippen LogP contribution in [0.2, 0.25) is 20.1 Å². The van der Waals surface area contributed by atoms with Gasteiger partial charge in [-0.05, 0) is 42.0 Å². The minimum Gasteiger partial charge on any atom is -0.493 e. The van der Waals surface area contributed by atoms with Gasteiger partial charge in [-0.25, -0.2) is 0 Å². The first kappa shape index (κ1) is 20.9. The smallest absolute Gasteiger partial charge is 0.180 e. The highest BCUT2D eigenvalue weighted by Gasteiger charge is 2.13. The number of benzene rings is 3. The van der Waals surface area contributed by atoms with E-state index in [1.807, 2.05) is 36.4 Å². The molecule has 0 aromatic heterocycles. The minimum atomic E-state index is 0.286. The van der Waals surface area contributed by atoms with Crippen LogP contribution in [0.4, 0.5) is 5.69 Å². The molecule has 0 radical (unpaired) electrons. The number of methoxy groups -OCH3 is 1. The van der Waals surface area contributed by atoms with Gasteiger partial charge in [0.15, 0.2) is 11.5 Å². The molecule has 0 heterocycles. The van der Waals surface area contributed by atoms with E-state index in [-0.39, 0.29) is 6.61 Å². The summed E-state index contributed by atoms with van der Waals surface area (Å²) in [7, 11) is 1.57. The van der Waals surface area contributed by atoms with Gasteiger partial charge in [-0.2, -0.15) is 0 Å². The fourth-order valence-electron chi connectivity index (χ4n) is 2.64. The summed E-state index contributed by atoms with van der Waals surface area (Å²) in [6.07, 6.45) is 0. The van der Waals surface area contributed by atoms with E-state index in [1.54, 1.807) is 25.3 Å². The van der Waals surface area contributed by atoms with Gasteiger partial charge < -0.3 is 14.8 Å². The van der Waals surface area contributed by atoms with Crippen molar-refractivity contribution in [1.29, 1.82) is 0 Å². The highest BCUT2D eigenvalue weighted by Crippen LogP contribution is 2.37. The Hall–Kier alpha value is -1.78. The van der Waals surface area contributed by atoms with E-state index in [9.17, 15) is 0 Å². The molecule has 0 saturated carbocycles. The molecule has 0 atom stereocenters. The number of halogens is 4. The van der Waals surface area contributed by atoms with Gasteiger partial charge in [0, 0.05) is 32.9 Å². The molecule has 0 aliphatic rings. The second kappa shape index (κ2) is 9.62. The van der Waals surface area contributed by atoms with Gasteiger partial charge in [0.05, 0.1) is 12.1 Å². The second-order valence-electron chi connectivity index (χ2n) is 6.00. The molecule has 0 fully saturated rings. The molecule has 0 unspecified atom stereocenters. The molecule has 7 heteroatoms. The number of hydrogen-bond donors (Lipinski definition) is 1. The zero-order valence-electron chi connectivity index (χ0n) is 14.9. The van der Waals surface area contributed by atoms with Crippen LogP contribution >= 0.6 is 46.4 Å². The lowest BCUT2D eigenvalue weighted by atomic mass is 10.2. The quantitative estimate of drug-likeness (QED) is 0.399. The van der Waals surface area contributed by atoms with Crippen LogP contribution in [0.15, 0.2) is 54.6 Å². The van der Waals surface area contributed by atoms with Crippen molar-refractivity contribution in [3.05, 3.63) is 85.8 Å². The summed E-state index contributed by atoms with van der Waals surface area (Å²) in [6.45, 7) is 0.798. The maximum atomic E-state index is 6.44. The molecule has 0 aliphatic carbocycles. The first-order valence-electron chi connectivity index (χ1n) is 8.39. The van der Waals surface area contributed by atoms with Gasteiger partial charge in [-0.1, -0.05) is 64.6 Å². The molecule has 0 spiro atoms. The predicted octanol–water partition coefficient (Wildman–Crippen LogP) is 7.50. The number of nitrogens with one attached hydrogen (secondary N) is 1. The minimum absolute atomic E-state index is 0.286. The van der Waals surface area contributed by atoms with Gasteiger partial charge in [0.2, 0.25) is 0 Å². The zero-order chi connectivity index (χ0) is 20.1. The van der Waals surface area contributed by atoms with Crippen LogP contribution in [0.3, 0.4) is 0 Å². The molecule has 0 saturated heterocycles. The van der Waals surface area contributed by atoms with E-state index in [2.05, 4.69) is 5.32 Å². The van der Waals surface area contributed by atoms with Crippen LogP contribution in [-0.2, 0) is 13.2 Å². The maximum Gasteiger partial charge on any atom is 0.180 e. The molecular formula is C21H17Cl4NO2. The van der Waals surface area contributed by atoms with E-state index >= 15 is 0 Å². The van der Waals surface area contributed by atoms with Crippen molar-refractivity contribution in [3.8, 4) is 11.5 Å². The van der Waals surface area contributed by atoms with Gasteiger partial charge in [-0.3, -0.25) is 0 Å². The van der Waals surface area contributed by atoms with Crippen molar-refractivity contribution in [3.63, 3.8) is 0 Å². The Kier molecular flexibility index (Phi) is 7.19. The van der Waals surface area contributed by atoms with E-state index in [0.29, 0.717) is 38.1 Å². The maximum absolute atomic E-state index is 6.44. The van der Waals surface area contributed by atoms with Crippen molar-refractivity contribution >= 4 is 52.1 Å². The Morgan fingerprint density at radius 2 is 1.57 bits per heavy atom. The molecule has 3 aromatic carbocycles. The molecule has 146 valence electrons. The van der Waals surface area contributed by atoms with Crippen LogP contribution in [0.5, 0.6) is 11.5 Å². The second-order valence-corrected chi connectivity index (χ2v) is 7.69. The Balaban J connectivity index is 1.74. The zero-order valence-corrected chi connectivity index (χ0v) is 18.0. The lowest BCUT2D eigenvalue weighted by molar-refractivity contribution is 0.284. The van der Waals surface area contributed by atoms with Crippen molar-refractivity contribution in [2.24, 2.45) is 0 Å². The van der Waals surface area contributed by atoms with E-state index in [0.717, 1.165) is 16.8 Å². The van der Waals surface area contributed by atoms with E-state index in [4.69, 9.17) is 55.9 Å². The molecule has 0 aliphatic heterocycles. The monoisotopic (exact) mass is 455 g/mol. The highest BCUT2D eigenvalue weighted by molar-refractivity contribution is 6.35. The lowest BCUT2D eigenvalue weighted by Crippen LogP contribution is -2.03. The molecule has 3 nitrogen and oxygen atoms in total. The third-order valence-electron chi connectivity index (χ3n) is 3.98. The summed E-state index contributed by atoms with van der Waals surface area (Å²) < 4.78 is 11.3. The topological polar surface area (TPSA) is 30.5 Å². The van der Waals surface area contributed by atoms with Crippen molar-refractivity contribution in [2.75, 3.05) is 12.4 Å². The fraction of sp³-hybridized carbons (Fsp3) is 0.143. The lowest BCUT2D eigenvalue weighted by Gasteiger charge is -2.15. The van der Waals surface area contributed by atoms with Gasteiger partial charge in [0.1, 0.15) is 6.61 Å². The standard InChI is InChI=1S/C21H17Cl4NO2/c1-27-20-7-13(11-26-17-9-15(22)8-16(23)10-17)6-19(25)21(20)28-12-14-4-2-3-5-18(14)24/h2-10,26H,11-12H2,1H3. The summed E-state index contributed by atoms with van der Waals surface area (Å²) in [5.74, 6) is 1.01. The number of rotatable bonds is 7. The molecular weight excluding hydrogens is 440 g/mol. The number of ether oxygens (including phenoxy) is 2. The number of anilines is 1. The van der Waals surface area contributed by atoms with Crippen molar-refractivity contribution in [1.82, 2.24) is 0 Å². The van der Waals surface area contributed by atoms with Crippen molar-refractivity contribution < 1.29 is 9.47 Å². The third-order valence-corrected chi connectivity index (χ3v) is 5.06. The largest absolute Gasteiger partial charge is 0.493 e. The Morgan fingerprint density at radius 1 is 0.857 bits per heavy atom. The number of hydrogen-bond acceptors (Lipinski definition) is 3. The first-order chi connectivity index (χ1) is 13.5. The highest BCUT2D eigenvalue weighted by atomic mass is 35.5. The normalized spacial score (nSPS) is 10.6. The van der Waals surface area contributed by atoms with Crippen LogP contribution in [0, 0.1) is 0 Å². The van der Waals surface area contributed by atoms with Crippen LogP contribution in [-0.4, -0.2) is 7.11 Å². The molecule has 1 N–H and O–H groups in total. The molecule has 0 amide bonds. The fourth-order valence-corrected chi connectivity index (χ4v) is 3.64. The molecule has 0 bridgehead atoms. The Morgan fingerprint density at radius 3 is 2.25 bits per heavy atom. The van der Waals surface area contributed by atoms with Crippen LogP contribution in [0.1, 0.15) is 11.1 Å². The van der Waals surface area contributed by atoms with E-state index < -0.39 is 0 Å². The summed E-state index contributed by atoms with van der Waals surface area (Å²) in [5.41, 5.74) is 2.60. The summed E-state index contributed by atoms with van der Waals surface area (Å²) >= 11 is 24.7. The molecule has 3 aromatic rings. The molecule has 28 heavy (non-hydrogen) atoms. The first-order valence-corrected chi connectivity index (χ1v) is 9.90. The van der Waals surface area contributed by atoms with Gasteiger partial charge in [-0.15, -0.1) is 0 Å². The summed E-state index contributed by atoms with van der Waals surface area (Å²) in [4.78, 5) is 0. The predicted molar refractivity (Wildman–Crippen MR) is 118 cm³/mol. The van der Waals surface area contributed by atoms with Crippen LogP contribution < -0.4 is 14.8 Å². The summed E-state index contributed by atoms with van der Waals surface area (Å²) in [6, 6.07) is 16.5. The molecule has 3 rings (SSSR count). The summed E-state index contributed by atoms with van der Waals surface area (Å²) in [5, 5.41) is 5.48. The van der Waals surface area contributed by atoms with Crippen LogP contribution in [0.25, 0.3) is 0 Å². The van der Waals surface area contributed by atoms with Gasteiger partial charge >= 0.3 is 0 Å². The third kappa shape index (κ3) is 5.39. The SMILES string of the molecule is COc1cc(CNc2cc(Cl)cc(Cl)c2)cc(Cl)c1OCc1ccccc1Cl. The van der Waals surface area contributed by atoms with E-state index in [1.165, 1.54) is 0 Å². The Bertz CT molecular complexity index is 958. The average Bonchev–Trinajstić information content (AvgIpc) is 2.65. The van der Waals surface area contributed by atoms with Gasteiger partial charge in [0.25, 0.3) is 0 Å². The Labute approximate surface area is 184 Å².